The van der Waals surface area contributed by atoms with Gasteiger partial charge in [0.15, 0.2) is 0 Å². The molecule has 0 nitrogen and oxygen atoms in total. The van der Waals surface area contributed by atoms with Crippen LogP contribution in [-0.4, -0.2) is 0 Å². The molecule has 0 radical (unpaired) electrons. The van der Waals surface area contributed by atoms with Crippen molar-refractivity contribution in [3.05, 3.63) is 0 Å². The van der Waals surface area contributed by atoms with Crippen molar-refractivity contribution in [3.63, 3.8) is 0 Å². The van der Waals surface area contributed by atoms with E-state index < -0.39 is 14.5 Å². The summed E-state index contributed by atoms with van der Waals surface area (Å²) < 4.78 is 4.45. The standard InChI is InChI=1S/3C4H9.BrH.Ti/c3*1-4(2)3;;/h3*4H,1H2,2-3H3;1H;/q;;;;+1/p-1. The van der Waals surface area contributed by atoms with Crippen LogP contribution in [0.2, 0.25) is 14.2 Å². The molecule has 0 atom stereocenters. The first-order chi connectivity index (χ1) is 6.25. The maximum atomic E-state index is 4.17. The Morgan fingerprint density at radius 3 is 1.07 bits per heavy atom. The van der Waals surface area contributed by atoms with E-state index in [2.05, 4.69) is 54.7 Å². The van der Waals surface area contributed by atoms with Gasteiger partial charge in [-0.25, -0.2) is 0 Å². The van der Waals surface area contributed by atoms with E-state index in [4.69, 9.17) is 0 Å². The Morgan fingerprint density at radius 2 is 0.929 bits per heavy atom. The first-order valence-corrected chi connectivity index (χ1v) is 13.1. The molecule has 0 unspecified atom stereocenters. The van der Waals surface area contributed by atoms with Gasteiger partial charge in [0.05, 0.1) is 0 Å². The predicted molar refractivity (Wildman–Crippen MR) is 67.9 cm³/mol. The van der Waals surface area contributed by atoms with Gasteiger partial charge in [0.25, 0.3) is 0 Å². The molecule has 0 aromatic heterocycles. The minimum atomic E-state index is -1.65. The monoisotopic (exact) mass is 298 g/mol. The van der Waals surface area contributed by atoms with E-state index in [9.17, 15) is 0 Å². The summed E-state index contributed by atoms with van der Waals surface area (Å²) in [4.78, 5) is 0. The van der Waals surface area contributed by atoms with Gasteiger partial charge in [-0.05, 0) is 0 Å². The third kappa shape index (κ3) is 7.48. The van der Waals surface area contributed by atoms with Crippen molar-refractivity contribution in [2.75, 3.05) is 0 Å². The van der Waals surface area contributed by atoms with E-state index in [1.165, 1.54) is 14.2 Å². The molecule has 0 aliphatic carbocycles. The van der Waals surface area contributed by atoms with Crippen molar-refractivity contribution in [2.45, 2.75) is 55.7 Å². The Kier molecular flexibility index (Phi) is 7.28. The van der Waals surface area contributed by atoms with Gasteiger partial charge in [0.1, 0.15) is 0 Å². The average molecular weight is 299 g/mol. The second-order valence-corrected chi connectivity index (χ2v) is 18.4. The third-order valence-electron chi connectivity index (χ3n) is 2.32. The van der Waals surface area contributed by atoms with Gasteiger partial charge in [-0.1, -0.05) is 0 Å². The second-order valence-electron chi connectivity index (χ2n) is 5.94. The Hall–Kier alpha value is 1.19. The molecular formula is C12H27BrTi. The quantitative estimate of drug-likeness (QED) is 0.554. The summed E-state index contributed by atoms with van der Waals surface area (Å²) in [6, 6.07) is 0. The second kappa shape index (κ2) is 6.71. The topological polar surface area (TPSA) is 0 Å². The van der Waals surface area contributed by atoms with E-state index in [-0.39, 0.29) is 0 Å². The molecule has 0 N–H and O–H groups in total. The van der Waals surface area contributed by atoms with Gasteiger partial charge in [0.2, 0.25) is 0 Å². The molecule has 0 aliphatic rings. The first kappa shape index (κ1) is 15.2. The third-order valence-corrected chi connectivity index (χ3v) is 13.6. The SMILES string of the molecule is CC(C)[CH2][Ti]([Br])([CH2]C(C)C)[CH2]C(C)C. The molecule has 0 amide bonds. The summed E-state index contributed by atoms with van der Waals surface area (Å²) in [7, 11) is 0. The van der Waals surface area contributed by atoms with Crippen LogP contribution in [-0.2, 0) is 14.5 Å². The molecule has 0 aromatic carbocycles. The molecule has 0 fully saturated rings. The predicted octanol–water partition coefficient (Wildman–Crippen LogP) is 5.67. The number of hydrogen-bond donors (Lipinski definition) is 0. The Morgan fingerprint density at radius 1 is 0.714 bits per heavy atom. The van der Waals surface area contributed by atoms with E-state index in [0.717, 1.165) is 17.8 Å². The van der Waals surface area contributed by atoms with Crippen LogP contribution >= 0.6 is 13.2 Å². The van der Waals surface area contributed by atoms with E-state index in [0.29, 0.717) is 0 Å². The van der Waals surface area contributed by atoms with Crippen molar-refractivity contribution < 1.29 is 14.5 Å². The molecule has 0 rings (SSSR count). The summed E-state index contributed by atoms with van der Waals surface area (Å²) in [6.07, 6.45) is 0. The molecule has 14 heavy (non-hydrogen) atoms. The van der Waals surface area contributed by atoms with Crippen molar-refractivity contribution >= 4 is 13.2 Å². The summed E-state index contributed by atoms with van der Waals surface area (Å²) >= 11 is 2.52. The van der Waals surface area contributed by atoms with Gasteiger partial charge in [-0.15, -0.1) is 0 Å². The van der Waals surface area contributed by atoms with Crippen molar-refractivity contribution in [2.24, 2.45) is 17.8 Å². The fourth-order valence-electron chi connectivity index (χ4n) is 2.44. The fourth-order valence-corrected chi connectivity index (χ4v) is 18.1. The number of hydrogen-bond acceptors (Lipinski definition) is 0. The van der Waals surface area contributed by atoms with Gasteiger partial charge in [-0.3, -0.25) is 0 Å². The van der Waals surface area contributed by atoms with Gasteiger partial charge in [0, 0.05) is 0 Å². The van der Waals surface area contributed by atoms with Crippen LogP contribution in [0, 0.1) is 17.8 Å². The summed E-state index contributed by atoms with van der Waals surface area (Å²) in [5.41, 5.74) is 0. The van der Waals surface area contributed by atoms with Crippen LogP contribution < -0.4 is 0 Å². The van der Waals surface area contributed by atoms with Crippen molar-refractivity contribution in [1.82, 2.24) is 0 Å². The number of rotatable bonds is 6. The molecule has 0 bridgehead atoms. The van der Waals surface area contributed by atoms with Crippen LogP contribution in [0.5, 0.6) is 0 Å². The first-order valence-electron chi connectivity index (χ1n) is 5.94. The van der Waals surface area contributed by atoms with Crippen molar-refractivity contribution in [1.29, 1.82) is 0 Å². The zero-order chi connectivity index (χ0) is 11.4. The van der Waals surface area contributed by atoms with Gasteiger partial charge >= 0.3 is 101 Å². The molecule has 0 spiro atoms. The molecule has 0 saturated heterocycles. The molecule has 0 aromatic rings. The normalized spacial score (nSPS) is 13.3. The average Bonchev–Trinajstić information content (AvgIpc) is 1.76. The molecular weight excluding hydrogens is 272 g/mol. The minimum absolute atomic E-state index is 0.867. The number of halogens is 1. The summed E-state index contributed by atoms with van der Waals surface area (Å²) in [6.45, 7) is 14.2. The van der Waals surface area contributed by atoms with E-state index in [1.807, 2.05) is 0 Å². The maximum absolute atomic E-state index is 4.17. The zero-order valence-electron chi connectivity index (χ0n) is 10.7. The Labute approximate surface area is 101 Å². The molecule has 0 saturated carbocycles. The fraction of sp³-hybridized carbons (Fsp3) is 1.00. The van der Waals surface area contributed by atoms with E-state index in [1.54, 1.807) is 0 Å². The van der Waals surface area contributed by atoms with Crippen molar-refractivity contribution in [3.8, 4) is 0 Å². The molecule has 2 heteroatoms. The van der Waals surface area contributed by atoms with Crippen LogP contribution in [0.1, 0.15) is 41.5 Å². The summed E-state index contributed by atoms with van der Waals surface area (Å²) in [5.74, 6) is 2.60. The van der Waals surface area contributed by atoms with Crippen LogP contribution in [0.3, 0.4) is 0 Å². The van der Waals surface area contributed by atoms with Crippen LogP contribution in [0.4, 0.5) is 0 Å². The Bertz CT molecular complexity index is 126. The van der Waals surface area contributed by atoms with Gasteiger partial charge in [-0.2, -0.15) is 0 Å². The zero-order valence-corrected chi connectivity index (χ0v) is 13.9. The molecule has 86 valence electrons. The Balaban J connectivity index is 4.32. The molecule has 0 heterocycles. The molecule has 0 aliphatic heterocycles. The van der Waals surface area contributed by atoms with Crippen LogP contribution in [0.25, 0.3) is 0 Å². The summed E-state index contributed by atoms with van der Waals surface area (Å²) in [5, 5.41) is 0. The van der Waals surface area contributed by atoms with E-state index >= 15 is 0 Å². The van der Waals surface area contributed by atoms with Crippen LogP contribution in [0.15, 0.2) is 0 Å². The van der Waals surface area contributed by atoms with Gasteiger partial charge < -0.3 is 0 Å².